The van der Waals surface area contributed by atoms with Gasteiger partial charge in [-0.2, -0.15) is 0 Å². The molecule has 3 heterocycles. The molecule has 2 aromatic rings. The van der Waals surface area contributed by atoms with Gasteiger partial charge in [-0.05, 0) is 37.3 Å². The van der Waals surface area contributed by atoms with E-state index in [-0.39, 0.29) is 42.7 Å². The zero-order valence-corrected chi connectivity index (χ0v) is 19.7. The van der Waals surface area contributed by atoms with Gasteiger partial charge in [0.2, 0.25) is 5.91 Å². The van der Waals surface area contributed by atoms with Crippen LogP contribution in [0.15, 0.2) is 36.5 Å². The molecule has 1 aromatic heterocycles. The quantitative estimate of drug-likeness (QED) is 0.745. The van der Waals surface area contributed by atoms with Crippen molar-refractivity contribution in [1.82, 2.24) is 14.8 Å². The topological polar surface area (TPSA) is 71.7 Å². The van der Waals surface area contributed by atoms with Gasteiger partial charge in [-0.1, -0.05) is 24.3 Å². The molecule has 2 saturated heterocycles. The Balaban J connectivity index is 0.00000171. The molecule has 4 rings (SSSR count). The van der Waals surface area contributed by atoms with E-state index in [4.69, 9.17) is 10.5 Å². The number of aromatic nitrogens is 1. The van der Waals surface area contributed by atoms with Crippen molar-refractivity contribution in [2.45, 2.75) is 44.3 Å². The maximum atomic E-state index is 13.3. The fourth-order valence-corrected chi connectivity index (χ4v) is 4.75. The van der Waals surface area contributed by atoms with Gasteiger partial charge in [0.05, 0.1) is 11.4 Å². The lowest BCUT2D eigenvalue weighted by Crippen LogP contribution is -2.47. The van der Waals surface area contributed by atoms with Gasteiger partial charge in [-0.15, -0.1) is 24.8 Å². The molecule has 2 atom stereocenters. The second kappa shape index (κ2) is 12.0. The third-order valence-corrected chi connectivity index (χ3v) is 6.37. The standard InChI is InChI=1S/C23H32N4O2.2ClH/c1-26(14-18-5-2-4-17-6-3-11-25-22(17)18)23(28)19-7-8-20(24)16-27(15-19)21-9-12-29-13-10-21;;/h2-6,11,19-21H,7-10,12-16,24H2,1H3;2*1H/t19-,20+;;/m1../s1. The van der Waals surface area contributed by atoms with Crippen LogP contribution in [0.3, 0.4) is 0 Å². The Morgan fingerprint density at radius 2 is 1.87 bits per heavy atom. The first-order valence-corrected chi connectivity index (χ1v) is 10.8. The fraction of sp³-hybridized carbons (Fsp3) is 0.565. The average molecular weight is 469 g/mol. The SMILES string of the molecule is CN(Cc1cccc2cccnc12)C(=O)[C@@H]1CC[C@H](N)CN(C2CCOCC2)C1.Cl.Cl. The summed E-state index contributed by atoms with van der Waals surface area (Å²) in [6.07, 6.45) is 5.64. The maximum Gasteiger partial charge on any atom is 0.227 e. The predicted octanol–water partition coefficient (Wildman–Crippen LogP) is 3.26. The third-order valence-electron chi connectivity index (χ3n) is 6.37. The second-order valence-electron chi connectivity index (χ2n) is 8.52. The molecule has 6 nitrogen and oxygen atoms in total. The first-order chi connectivity index (χ1) is 14.1. The van der Waals surface area contributed by atoms with Crippen LogP contribution in [0.1, 0.15) is 31.2 Å². The van der Waals surface area contributed by atoms with Gasteiger partial charge >= 0.3 is 0 Å². The third kappa shape index (κ3) is 6.30. The van der Waals surface area contributed by atoms with E-state index < -0.39 is 0 Å². The highest BCUT2D eigenvalue weighted by atomic mass is 35.5. The molecular formula is C23H34Cl2N4O2. The zero-order chi connectivity index (χ0) is 20.2. The number of hydrogen-bond donors (Lipinski definition) is 1. The number of likely N-dealkylation sites (tertiary alicyclic amines) is 1. The van der Waals surface area contributed by atoms with Crippen LogP contribution in [-0.4, -0.2) is 66.1 Å². The van der Waals surface area contributed by atoms with E-state index in [1.807, 2.05) is 30.3 Å². The molecule has 0 saturated carbocycles. The van der Waals surface area contributed by atoms with Crippen LogP contribution >= 0.6 is 24.8 Å². The van der Waals surface area contributed by atoms with Crippen LogP contribution < -0.4 is 5.73 Å². The summed E-state index contributed by atoms with van der Waals surface area (Å²) < 4.78 is 5.52. The predicted molar refractivity (Wildman–Crippen MR) is 129 cm³/mol. The van der Waals surface area contributed by atoms with E-state index in [1.54, 1.807) is 0 Å². The van der Waals surface area contributed by atoms with Crippen molar-refractivity contribution < 1.29 is 9.53 Å². The van der Waals surface area contributed by atoms with Crippen molar-refractivity contribution in [2.75, 3.05) is 33.4 Å². The van der Waals surface area contributed by atoms with Crippen LogP contribution in [-0.2, 0) is 16.1 Å². The Kier molecular flexibility index (Phi) is 9.97. The first kappa shape index (κ1) is 25.8. The molecule has 8 heteroatoms. The van der Waals surface area contributed by atoms with Crippen LogP contribution in [0.4, 0.5) is 0 Å². The smallest absolute Gasteiger partial charge is 0.227 e. The largest absolute Gasteiger partial charge is 0.381 e. The lowest BCUT2D eigenvalue weighted by Gasteiger charge is -2.36. The van der Waals surface area contributed by atoms with Gasteiger partial charge < -0.3 is 15.4 Å². The normalized spacial score (nSPS) is 22.8. The molecule has 2 aliphatic rings. The lowest BCUT2D eigenvalue weighted by molar-refractivity contribution is -0.135. The van der Waals surface area contributed by atoms with Gasteiger partial charge in [-0.25, -0.2) is 0 Å². The Bertz CT molecular complexity index is 842. The summed E-state index contributed by atoms with van der Waals surface area (Å²) in [6.45, 7) is 3.87. The molecule has 0 unspecified atom stereocenters. The molecule has 2 aliphatic heterocycles. The summed E-state index contributed by atoms with van der Waals surface area (Å²) in [5.74, 6) is 0.212. The van der Waals surface area contributed by atoms with E-state index in [0.29, 0.717) is 12.6 Å². The van der Waals surface area contributed by atoms with E-state index >= 15 is 0 Å². The second-order valence-corrected chi connectivity index (χ2v) is 8.52. The van der Waals surface area contributed by atoms with E-state index in [1.165, 1.54) is 0 Å². The molecule has 2 fully saturated rings. The minimum atomic E-state index is -0.000620. The van der Waals surface area contributed by atoms with Crippen molar-refractivity contribution in [2.24, 2.45) is 11.7 Å². The number of hydrogen-bond acceptors (Lipinski definition) is 5. The Hall–Kier alpha value is -1.44. The molecule has 2 N–H and O–H groups in total. The Morgan fingerprint density at radius 3 is 2.65 bits per heavy atom. The Labute approximate surface area is 197 Å². The average Bonchev–Trinajstić information content (AvgIpc) is 2.96. The van der Waals surface area contributed by atoms with Gasteiger partial charge in [-0.3, -0.25) is 14.7 Å². The summed E-state index contributed by atoms with van der Waals surface area (Å²) in [5, 5.41) is 1.11. The highest BCUT2D eigenvalue weighted by molar-refractivity contribution is 5.85. The number of nitrogens with zero attached hydrogens (tertiary/aromatic N) is 3. The molecule has 172 valence electrons. The molecule has 0 aliphatic carbocycles. The number of para-hydroxylation sites is 1. The highest BCUT2D eigenvalue weighted by Crippen LogP contribution is 2.25. The molecule has 1 amide bonds. The van der Waals surface area contributed by atoms with Gasteiger partial charge in [0.15, 0.2) is 0 Å². The van der Waals surface area contributed by atoms with Crippen LogP contribution in [0.2, 0.25) is 0 Å². The number of halogens is 2. The number of amides is 1. The maximum absolute atomic E-state index is 13.3. The molecule has 31 heavy (non-hydrogen) atoms. The monoisotopic (exact) mass is 468 g/mol. The minimum Gasteiger partial charge on any atom is -0.381 e. The molecule has 1 aromatic carbocycles. The Morgan fingerprint density at radius 1 is 1.13 bits per heavy atom. The van der Waals surface area contributed by atoms with Crippen molar-refractivity contribution in [3.05, 3.63) is 42.1 Å². The number of benzene rings is 1. The number of nitrogens with two attached hydrogens (primary N) is 1. The molecule has 0 radical (unpaired) electrons. The van der Waals surface area contributed by atoms with Crippen LogP contribution in [0, 0.1) is 5.92 Å². The summed E-state index contributed by atoms with van der Waals surface area (Å²) in [6, 6.07) is 10.8. The summed E-state index contributed by atoms with van der Waals surface area (Å²) in [4.78, 5) is 22.2. The summed E-state index contributed by atoms with van der Waals surface area (Å²) in [5.41, 5.74) is 8.41. The van der Waals surface area contributed by atoms with Crippen molar-refractivity contribution in [3.8, 4) is 0 Å². The minimum absolute atomic E-state index is 0. The van der Waals surface area contributed by atoms with Gasteiger partial charge in [0.25, 0.3) is 0 Å². The molecular weight excluding hydrogens is 435 g/mol. The lowest BCUT2D eigenvalue weighted by atomic mass is 9.99. The van der Waals surface area contributed by atoms with Crippen molar-refractivity contribution >= 4 is 41.6 Å². The fourth-order valence-electron chi connectivity index (χ4n) is 4.75. The van der Waals surface area contributed by atoms with E-state index in [9.17, 15) is 4.79 Å². The number of rotatable bonds is 4. The van der Waals surface area contributed by atoms with E-state index in [2.05, 4.69) is 28.1 Å². The van der Waals surface area contributed by atoms with Crippen LogP contribution in [0.25, 0.3) is 10.9 Å². The van der Waals surface area contributed by atoms with Crippen molar-refractivity contribution in [1.29, 1.82) is 0 Å². The summed E-state index contributed by atoms with van der Waals surface area (Å²) >= 11 is 0. The molecule has 0 bridgehead atoms. The number of carbonyl (C=O) groups excluding carboxylic acids is 1. The highest BCUT2D eigenvalue weighted by Gasteiger charge is 2.32. The van der Waals surface area contributed by atoms with Gasteiger partial charge in [0.1, 0.15) is 0 Å². The summed E-state index contributed by atoms with van der Waals surface area (Å²) in [7, 11) is 1.91. The van der Waals surface area contributed by atoms with Crippen molar-refractivity contribution in [3.63, 3.8) is 0 Å². The van der Waals surface area contributed by atoms with E-state index in [0.717, 1.165) is 68.5 Å². The molecule has 0 spiro atoms. The first-order valence-electron chi connectivity index (χ1n) is 10.8. The number of fused-ring (bicyclic) bond motifs is 1. The number of pyridine rings is 1. The van der Waals surface area contributed by atoms with Crippen LogP contribution in [0.5, 0.6) is 0 Å². The number of ether oxygens (including phenoxy) is 1. The zero-order valence-electron chi connectivity index (χ0n) is 18.1. The van der Waals surface area contributed by atoms with Gasteiger partial charge in [0, 0.05) is 63.6 Å². The number of carbonyl (C=O) groups is 1.